The maximum atomic E-state index is 9.64. The molecule has 0 aliphatic rings. The first-order valence-electron chi connectivity index (χ1n) is 9.46. The number of hydrogen-bond donors (Lipinski definition) is 0. The lowest BCUT2D eigenvalue weighted by Gasteiger charge is -2.07. The highest BCUT2D eigenvalue weighted by molar-refractivity contribution is 6.10. The van der Waals surface area contributed by atoms with Crippen molar-refractivity contribution in [2.45, 2.75) is 0 Å². The topological polar surface area (TPSA) is 41.6 Å². The molecular weight excluding hydrogens is 354 g/mol. The van der Waals surface area contributed by atoms with Crippen LogP contribution < -0.4 is 0 Å². The molecule has 3 heteroatoms. The van der Waals surface area contributed by atoms with Crippen molar-refractivity contribution in [3.8, 4) is 11.8 Å². The Morgan fingerprint density at radius 1 is 0.793 bits per heavy atom. The summed E-state index contributed by atoms with van der Waals surface area (Å²) in [6.07, 6.45) is 5.35. The summed E-state index contributed by atoms with van der Waals surface area (Å²) in [5.41, 5.74) is 5.95. The Morgan fingerprint density at radius 3 is 2.31 bits per heavy atom. The summed E-state index contributed by atoms with van der Waals surface area (Å²) in [7, 11) is 0. The van der Waals surface area contributed by atoms with E-state index in [1.807, 2.05) is 24.3 Å². The molecule has 5 rings (SSSR count). The SMILES string of the molecule is N#C/C(=C\c1ccc2c(c1)c1ccccc1n2-c1ccccc1)c1ccncc1. The van der Waals surface area contributed by atoms with Crippen LogP contribution in [0, 0.1) is 11.3 Å². The number of nitrogens with zero attached hydrogens (tertiary/aromatic N) is 3. The van der Waals surface area contributed by atoms with Crippen molar-refractivity contribution in [1.82, 2.24) is 9.55 Å². The molecule has 0 saturated heterocycles. The fraction of sp³-hybridized carbons (Fsp3) is 0. The molecule has 0 bridgehead atoms. The average molecular weight is 371 g/mol. The van der Waals surface area contributed by atoms with Gasteiger partial charge in [0.25, 0.3) is 0 Å². The largest absolute Gasteiger partial charge is 0.309 e. The second-order valence-electron chi connectivity index (χ2n) is 6.87. The first kappa shape index (κ1) is 17.0. The number of hydrogen-bond acceptors (Lipinski definition) is 2. The van der Waals surface area contributed by atoms with Crippen molar-refractivity contribution in [3.05, 3.63) is 108 Å². The predicted molar refractivity (Wildman–Crippen MR) is 119 cm³/mol. The maximum Gasteiger partial charge on any atom is 0.0998 e. The zero-order valence-corrected chi connectivity index (χ0v) is 15.7. The molecule has 3 aromatic carbocycles. The average Bonchev–Trinajstić information content (AvgIpc) is 3.12. The Kier molecular flexibility index (Phi) is 4.16. The molecule has 0 aliphatic heterocycles. The van der Waals surface area contributed by atoms with Gasteiger partial charge in [0.15, 0.2) is 0 Å². The molecule has 29 heavy (non-hydrogen) atoms. The van der Waals surface area contributed by atoms with Crippen molar-refractivity contribution in [2.75, 3.05) is 0 Å². The standard InChI is InChI=1S/C26H17N3/c27-18-21(20-12-14-28-15-13-20)16-19-10-11-26-24(17-19)23-8-4-5-9-25(23)29(26)22-6-2-1-3-7-22/h1-17H/b21-16+. The van der Waals surface area contributed by atoms with Crippen molar-refractivity contribution in [2.24, 2.45) is 0 Å². The molecular formula is C26H17N3. The van der Waals surface area contributed by atoms with Crippen LogP contribution in [0.5, 0.6) is 0 Å². The highest BCUT2D eigenvalue weighted by Gasteiger charge is 2.12. The van der Waals surface area contributed by atoms with Crippen molar-refractivity contribution >= 4 is 33.5 Å². The second kappa shape index (κ2) is 7.10. The van der Waals surface area contributed by atoms with Crippen LogP contribution in [0.25, 0.3) is 39.1 Å². The summed E-state index contributed by atoms with van der Waals surface area (Å²) in [6.45, 7) is 0. The van der Waals surface area contributed by atoms with Crippen molar-refractivity contribution in [3.63, 3.8) is 0 Å². The summed E-state index contributed by atoms with van der Waals surface area (Å²) < 4.78 is 2.28. The number of rotatable bonds is 3. The lowest BCUT2D eigenvalue weighted by atomic mass is 10.0. The molecule has 0 fully saturated rings. The monoisotopic (exact) mass is 371 g/mol. The molecule has 0 amide bonds. The fourth-order valence-electron chi connectivity index (χ4n) is 3.81. The van der Waals surface area contributed by atoms with E-state index in [-0.39, 0.29) is 0 Å². The summed E-state index contributed by atoms with van der Waals surface area (Å²) in [4.78, 5) is 4.04. The van der Waals surface area contributed by atoms with Gasteiger partial charge < -0.3 is 4.57 Å². The quantitative estimate of drug-likeness (QED) is 0.352. The zero-order valence-electron chi connectivity index (χ0n) is 15.7. The van der Waals surface area contributed by atoms with Gasteiger partial charge in [-0.1, -0.05) is 42.5 Å². The summed E-state index contributed by atoms with van der Waals surface area (Å²) in [5.74, 6) is 0. The van der Waals surface area contributed by atoms with Crippen LogP contribution in [0.2, 0.25) is 0 Å². The normalized spacial score (nSPS) is 11.6. The van der Waals surface area contributed by atoms with Crippen LogP contribution in [-0.4, -0.2) is 9.55 Å². The van der Waals surface area contributed by atoms with Crippen molar-refractivity contribution < 1.29 is 0 Å². The number of para-hydroxylation sites is 2. The van der Waals surface area contributed by atoms with E-state index >= 15 is 0 Å². The number of allylic oxidation sites excluding steroid dienone is 1. The molecule has 0 saturated carbocycles. The number of fused-ring (bicyclic) bond motifs is 3. The van der Waals surface area contributed by atoms with Gasteiger partial charge >= 0.3 is 0 Å². The third-order valence-corrected chi connectivity index (χ3v) is 5.13. The Labute approximate surface area is 168 Å². The summed E-state index contributed by atoms with van der Waals surface area (Å²) in [5, 5.41) is 12.0. The molecule has 0 atom stereocenters. The first-order chi connectivity index (χ1) is 14.3. The molecule has 0 spiro atoms. The van der Waals surface area contributed by atoms with Crippen LogP contribution in [0.4, 0.5) is 0 Å². The van der Waals surface area contributed by atoms with Crippen LogP contribution in [0.3, 0.4) is 0 Å². The van der Waals surface area contributed by atoms with E-state index in [2.05, 4.69) is 82.4 Å². The van der Waals surface area contributed by atoms with Gasteiger partial charge in [-0.05, 0) is 59.7 Å². The molecule has 0 unspecified atom stereocenters. The van der Waals surface area contributed by atoms with Crippen LogP contribution in [-0.2, 0) is 0 Å². The van der Waals surface area contributed by atoms with Crippen LogP contribution in [0.1, 0.15) is 11.1 Å². The van der Waals surface area contributed by atoms with E-state index in [4.69, 9.17) is 0 Å². The van der Waals surface area contributed by atoms with E-state index < -0.39 is 0 Å². The van der Waals surface area contributed by atoms with E-state index in [0.29, 0.717) is 5.57 Å². The second-order valence-corrected chi connectivity index (χ2v) is 6.87. The van der Waals surface area contributed by atoms with Gasteiger partial charge in [-0.25, -0.2) is 0 Å². The summed E-state index contributed by atoms with van der Waals surface area (Å²) in [6, 6.07) is 31.2. The Balaban J connectivity index is 1.74. The van der Waals surface area contributed by atoms with Gasteiger partial charge in [0, 0.05) is 28.9 Å². The van der Waals surface area contributed by atoms with Gasteiger partial charge in [0.05, 0.1) is 22.7 Å². The highest BCUT2D eigenvalue weighted by atomic mass is 15.0. The minimum absolute atomic E-state index is 0.624. The third kappa shape index (κ3) is 2.97. The third-order valence-electron chi connectivity index (χ3n) is 5.13. The van der Waals surface area contributed by atoms with Crippen LogP contribution in [0.15, 0.2) is 97.3 Å². The van der Waals surface area contributed by atoms with Crippen molar-refractivity contribution in [1.29, 1.82) is 5.26 Å². The van der Waals surface area contributed by atoms with Gasteiger partial charge in [-0.2, -0.15) is 5.26 Å². The predicted octanol–water partition coefficient (Wildman–Crippen LogP) is 6.24. The number of nitriles is 1. The number of aromatic nitrogens is 2. The zero-order chi connectivity index (χ0) is 19.6. The lowest BCUT2D eigenvalue weighted by molar-refractivity contribution is 1.18. The minimum Gasteiger partial charge on any atom is -0.309 e. The van der Waals surface area contributed by atoms with E-state index in [0.717, 1.165) is 22.3 Å². The number of pyridine rings is 1. The molecule has 5 aromatic rings. The van der Waals surface area contributed by atoms with Gasteiger partial charge in [-0.3, -0.25) is 4.98 Å². The summed E-state index contributed by atoms with van der Waals surface area (Å²) >= 11 is 0. The smallest absolute Gasteiger partial charge is 0.0998 e. The molecule has 0 aliphatic carbocycles. The number of benzene rings is 3. The highest BCUT2D eigenvalue weighted by Crippen LogP contribution is 2.33. The lowest BCUT2D eigenvalue weighted by Crippen LogP contribution is -1.92. The molecule has 0 N–H and O–H groups in total. The van der Waals surface area contributed by atoms with E-state index in [9.17, 15) is 5.26 Å². The van der Waals surface area contributed by atoms with Crippen LogP contribution >= 0.6 is 0 Å². The molecule has 2 heterocycles. The van der Waals surface area contributed by atoms with Gasteiger partial charge in [0.2, 0.25) is 0 Å². The van der Waals surface area contributed by atoms with Gasteiger partial charge in [0.1, 0.15) is 0 Å². The molecule has 136 valence electrons. The fourth-order valence-corrected chi connectivity index (χ4v) is 3.81. The van der Waals surface area contributed by atoms with Gasteiger partial charge in [-0.15, -0.1) is 0 Å². The Bertz CT molecular complexity index is 1390. The van der Waals surface area contributed by atoms with E-state index in [1.54, 1.807) is 12.4 Å². The molecule has 0 radical (unpaired) electrons. The maximum absolute atomic E-state index is 9.64. The van der Waals surface area contributed by atoms with E-state index in [1.165, 1.54) is 16.3 Å². The first-order valence-corrected chi connectivity index (χ1v) is 9.46. The Hall–Kier alpha value is -4.16. The molecule has 3 nitrogen and oxygen atoms in total. The Morgan fingerprint density at radius 2 is 1.52 bits per heavy atom. The molecule has 2 aromatic heterocycles. The minimum atomic E-state index is 0.624.